The molecule has 25 heavy (non-hydrogen) atoms. The lowest BCUT2D eigenvalue weighted by molar-refractivity contribution is -0.385. The molecule has 2 aromatic carbocycles. The number of hydrogen-bond acceptors (Lipinski definition) is 7. The van der Waals surface area contributed by atoms with Crippen LogP contribution in [-0.4, -0.2) is 30.9 Å². The van der Waals surface area contributed by atoms with Gasteiger partial charge in [0.25, 0.3) is 0 Å². The summed E-state index contributed by atoms with van der Waals surface area (Å²) < 4.78 is 10.3. The highest BCUT2D eigenvalue weighted by Crippen LogP contribution is 2.47. The molecule has 2 aromatic rings. The Balaban J connectivity index is 3.02. The molecule has 0 radical (unpaired) electrons. The summed E-state index contributed by atoms with van der Waals surface area (Å²) in [6, 6.07) is 7.10. The molecule has 130 valence electrons. The lowest BCUT2D eigenvalue weighted by Gasteiger charge is -2.19. The fraction of sp³-hybridized carbons (Fsp3) is 0.176. The van der Waals surface area contributed by atoms with Crippen LogP contribution in [0.2, 0.25) is 0 Å². The van der Waals surface area contributed by atoms with Crippen LogP contribution >= 0.6 is 0 Å². The third kappa shape index (κ3) is 3.14. The maximum Gasteiger partial charge on any atom is 0.315 e. The molecule has 0 aliphatic rings. The minimum absolute atomic E-state index is 0.0178. The molecule has 0 fully saturated rings. The second kappa shape index (κ2) is 7.00. The number of hydrogen-bond donors (Lipinski definition) is 0. The maximum atomic E-state index is 11.9. The third-order valence-corrected chi connectivity index (χ3v) is 3.62. The second-order valence-corrected chi connectivity index (χ2v) is 5.03. The minimum atomic E-state index is -1.64. The number of methoxy groups -OCH3 is 2. The molecule has 0 saturated heterocycles. The topological polar surface area (TPSA) is 119 Å². The number of ether oxygens (including phenoxy) is 2. The number of carbonyl (C=O) groups excluding carboxylic acids is 2. The average Bonchev–Trinajstić information content (AvgIpc) is 2.59. The number of rotatable bonds is 6. The molecular weight excluding hydrogens is 330 g/mol. The van der Waals surface area contributed by atoms with E-state index in [4.69, 9.17) is 9.47 Å². The van der Waals surface area contributed by atoms with Crippen LogP contribution in [0.4, 0.5) is 5.69 Å². The van der Waals surface area contributed by atoms with Crippen LogP contribution in [0.25, 0.3) is 11.1 Å². The molecule has 0 aromatic heterocycles. The van der Waals surface area contributed by atoms with Crippen LogP contribution in [0.5, 0.6) is 11.5 Å². The molecule has 0 bridgehead atoms. The SMILES string of the molecule is COc1c([N+](=O)[O-])cc(C(=O)[O-])c(-c2ccccc2C(C)=O)c1OC. The van der Waals surface area contributed by atoms with Crippen molar-refractivity contribution in [2.24, 2.45) is 0 Å². The summed E-state index contributed by atoms with van der Waals surface area (Å²) in [4.78, 5) is 34.0. The lowest BCUT2D eigenvalue weighted by Crippen LogP contribution is -2.24. The van der Waals surface area contributed by atoms with Gasteiger partial charge in [0, 0.05) is 22.8 Å². The Bertz CT molecular complexity index is 874. The van der Waals surface area contributed by atoms with Crippen molar-refractivity contribution in [1.82, 2.24) is 0 Å². The predicted octanol–water partition coefficient (Wildman–Crippen LogP) is 1.85. The molecule has 8 heteroatoms. The van der Waals surface area contributed by atoms with Crippen molar-refractivity contribution in [1.29, 1.82) is 0 Å². The number of aromatic carboxylic acids is 1. The highest BCUT2D eigenvalue weighted by atomic mass is 16.6. The molecule has 0 aliphatic heterocycles. The van der Waals surface area contributed by atoms with Gasteiger partial charge >= 0.3 is 5.69 Å². The molecule has 0 unspecified atom stereocenters. The fourth-order valence-electron chi connectivity index (χ4n) is 2.59. The van der Waals surface area contributed by atoms with E-state index in [2.05, 4.69) is 0 Å². The van der Waals surface area contributed by atoms with E-state index in [1.807, 2.05) is 0 Å². The summed E-state index contributed by atoms with van der Waals surface area (Å²) in [7, 11) is 2.42. The van der Waals surface area contributed by atoms with Crippen LogP contribution < -0.4 is 14.6 Å². The number of nitrogens with zero attached hydrogens (tertiary/aromatic N) is 1. The van der Waals surface area contributed by atoms with E-state index in [-0.39, 0.29) is 34.0 Å². The summed E-state index contributed by atoms with van der Waals surface area (Å²) in [6.45, 7) is 1.33. The Morgan fingerprint density at radius 2 is 1.64 bits per heavy atom. The van der Waals surface area contributed by atoms with E-state index < -0.39 is 22.1 Å². The van der Waals surface area contributed by atoms with Gasteiger partial charge in [0.15, 0.2) is 11.5 Å². The first-order chi connectivity index (χ1) is 11.8. The van der Waals surface area contributed by atoms with Crippen molar-refractivity contribution in [3.05, 3.63) is 51.6 Å². The van der Waals surface area contributed by atoms with Gasteiger partial charge in [0.1, 0.15) is 0 Å². The van der Waals surface area contributed by atoms with Crippen LogP contribution in [0, 0.1) is 10.1 Å². The summed E-state index contributed by atoms with van der Waals surface area (Å²) in [6.07, 6.45) is 0. The van der Waals surface area contributed by atoms with Crippen LogP contribution in [0.15, 0.2) is 30.3 Å². The lowest BCUT2D eigenvalue weighted by atomic mass is 9.92. The zero-order valence-electron chi connectivity index (χ0n) is 13.7. The number of carbonyl (C=O) groups is 2. The second-order valence-electron chi connectivity index (χ2n) is 5.03. The first-order valence-corrected chi connectivity index (χ1v) is 7.08. The molecule has 0 heterocycles. The highest BCUT2D eigenvalue weighted by molar-refractivity contribution is 6.06. The van der Waals surface area contributed by atoms with Crippen molar-refractivity contribution in [3.8, 4) is 22.6 Å². The Morgan fingerprint density at radius 3 is 2.12 bits per heavy atom. The molecule has 8 nitrogen and oxygen atoms in total. The van der Waals surface area contributed by atoms with Crippen LogP contribution in [0.3, 0.4) is 0 Å². The number of ketones is 1. The van der Waals surface area contributed by atoms with Gasteiger partial charge in [-0.25, -0.2) is 0 Å². The standard InChI is InChI=1S/C17H15NO7/c1-9(19)10-6-4-5-7-11(10)14-12(17(20)21)8-13(18(22)23)15(24-2)16(14)25-3/h4-8H,1-3H3,(H,20,21)/p-1. The van der Waals surface area contributed by atoms with Crippen molar-refractivity contribution in [3.63, 3.8) is 0 Å². The summed E-state index contributed by atoms with van der Waals surface area (Å²) in [5, 5.41) is 22.9. The number of nitro benzene ring substituents is 1. The number of carboxylic acid groups (broad SMARTS) is 1. The van der Waals surface area contributed by atoms with E-state index in [0.717, 1.165) is 6.07 Å². The van der Waals surface area contributed by atoms with Gasteiger partial charge in [0.2, 0.25) is 5.75 Å². The normalized spacial score (nSPS) is 10.2. The van der Waals surface area contributed by atoms with E-state index in [0.29, 0.717) is 0 Å². The number of Topliss-reactive ketones (excluding diaryl/α,β-unsaturated/α-hetero) is 1. The van der Waals surface area contributed by atoms with Gasteiger partial charge in [-0.05, 0) is 12.5 Å². The predicted molar refractivity (Wildman–Crippen MR) is 86.0 cm³/mol. The van der Waals surface area contributed by atoms with Crippen molar-refractivity contribution in [2.75, 3.05) is 14.2 Å². The molecule has 0 atom stereocenters. The third-order valence-electron chi connectivity index (χ3n) is 3.62. The monoisotopic (exact) mass is 344 g/mol. The average molecular weight is 344 g/mol. The summed E-state index contributed by atoms with van der Waals surface area (Å²) >= 11 is 0. The maximum absolute atomic E-state index is 11.9. The largest absolute Gasteiger partial charge is 0.545 e. The molecule has 0 N–H and O–H groups in total. The summed E-state index contributed by atoms with van der Waals surface area (Å²) in [5.41, 5.74) is -0.588. The van der Waals surface area contributed by atoms with Gasteiger partial charge in [-0.2, -0.15) is 0 Å². The van der Waals surface area contributed by atoms with Gasteiger partial charge in [-0.3, -0.25) is 14.9 Å². The number of carboxylic acids is 1. The van der Waals surface area contributed by atoms with Crippen LogP contribution in [0.1, 0.15) is 27.6 Å². The molecule has 0 saturated carbocycles. The van der Waals surface area contributed by atoms with Crippen molar-refractivity contribution in [2.45, 2.75) is 6.92 Å². The molecular formula is C17H14NO7-. The zero-order chi connectivity index (χ0) is 18.7. The molecule has 0 spiro atoms. The molecule has 0 amide bonds. The number of benzene rings is 2. The van der Waals surface area contributed by atoms with Gasteiger partial charge < -0.3 is 19.4 Å². The van der Waals surface area contributed by atoms with Gasteiger partial charge in [0.05, 0.1) is 25.1 Å². The fourth-order valence-corrected chi connectivity index (χ4v) is 2.59. The van der Waals surface area contributed by atoms with Crippen molar-refractivity contribution < 1.29 is 29.1 Å². The van der Waals surface area contributed by atoms with E-state index in [1.54, 1.807) is 12.1 Å². The minimum Gasteiger partial charge on any atom is -0.545 e. The van der Waals surface area contributed by atoms with E-state index in [1.165, 1.54) is 33.3 Å². The zero-order valence-corrected chi connectivity index (χ0v) is 13.7. The van der Waals surface area contributed by atoms with Crippen LogP contribution in [-0.2, 0) is 0 Å². The van der Waals surface area contributed by atoms with Crippen molar-refractivity contribution >= 4 is 17.4 Å². The smallest absolute Gasteiger partial charge is 0.315 e. The first-order valence-electron chi connectivity index (χ1n) is 7.08. The van der Waals surface area contributed by atoms with Gasteiger partial charge in [-0.15, -0.1) is 0 Å². The summed E-state index contributed by atoms with van der Waals surface area (Å²) in [5.74, 6) is -2.35. The quantitative estimate of drug-likeness (QED) is 0.445. The number of nitro groups is 1. The molecule has 0 aliphatic carbocycles. The Hall–Kier alpha value is -3.42. The van der Waals surface area contributed by atoms with Gasteiger partial charge in [-0.1, -0.05) is 24.3 Å². The Kier molecular flexibility index (Phi) is 5.02. The van der Waals surface area contributed by atoms with E-state index >= 15 is 0 Å². The molecule has 2 rings (SSSR count). The Morgan fingerprint density at radius 1 is 1.04 bits per heavy atom. The first kappa shape index (κ1) is 17.9. The highest BCUT2D eigenvalue weighted by Gasteiger charge is 2.29. The Labute approximate surface area is 142 Å². The van der Waals surface area contributed by atoms with E-state index in [9.17, 15) is 24.8 Å².